The van der Waals surface area contributed by atoms with Crippen molar-refractivity contribution in [3.8, 4) is 0 Å². The van der Waals surface area contributed by atoms with Crippen molar-refractivity contribution in [3.63, 3.8) is 0 Å². The molecule has 2 fully saturated rings. The van der Waals surface area contributed by atoms with Gasteiger partial charge in [0, 0.05) is 49.7 Å². The molecule has 5 rings (SSSR count). The lowest BCUT2D eigenvalue weighted by Gasteiger charge is -2.32. The maximum absolute atomic E-state index is 14.1. The van der Waals surface area contributed by atoms with E-state index in [2.05, 4.69) is 36.6 Å². The number of hydrogen-bond acceptors (Lipinski definition) is 15. The van der Waals surface area contributed by atoms with Crippen LogP contribution in [0.15, 0.2) is 69.5 Å². The number of nitrogens with one attached hydrogen (secondary N) is 5. The number of rotatable bonds is 25. The number of aliphatic carboxylic acids is 1. The number of amides is 8. The van der Waals surface area contributed by atoms with E-state index in [4.69, 9.17) is 28.7 Å². The molecule has 0 aromatic heterocycles. The molecular formula is C47H67N15O12S. The van der Waals surface area contributed by atoms with Crippen LogP contribution < -0.4 is 60.2 Å². The fraction of sp³-hybridized carbons (Fsp3) is 0.511. The summed E-state index contributed by atoms with van der Waals surface area (Å²) in [7, 11) is 0. The van der Waals surface area contributed by atoms with Crippen LogP contribution in [0.3, 0.4) is 0 Å². The van der Waals surface area contributed by atoms with Crippen LogP contribution in [0.4, 0.5) is 5.69 Å². The summed E-state index contributed by atoms with van der Waals surface area (Å²) in [6, 6.07) is 6.27. The van der Waals surface area contributed by atoms with Crippen molar-refractivity contribution in [1.82, 2.24) is 36.4 Å². The van der Waals surface area contributed by atoms with E-state index >= 15 is 0 Å². The number of carboxylic acid groups (broad SMARTS) is 1. The topological polar surface area (TPSA) is 439 Å². The lowest BCUT2D eigenvalue weighted by molar-refractivity contribution is -0.147. The maximum Gasteiger partial charge on any atom is 0.326 e. The summed E-state index contributed by atoms with van der Waals surface area (Å²) in [5, 5.41) is 43.2. The van der Waals surface area contributed by atoms with Crippen molar-refractivity contribution >= 4 is 82.6 Å². The molecule has 2 saturated heterocycles. The van der Waals surface area contributed by atoms with Crippen molar-refractivity contribution in [1.29, 1.82) is 0 Å². The number of aliphatic imine (C=N–C) groups is 2. The number of anilines is 1. The van der Waals surface area contributed by atoms with Crippen molar-refractivity contribution in [2.75, 3.05) is 56.5 Å². The van der Waals surface area contributed by atoms with Crippen LogP contribution in [-0.2, 0) is 49.6 Å². The average molecular weight is 1070 g/mol. The zero-order valence-corrected chi connectivity index (χ0v) is 42.0. The van der Waals surface area contributed by atoms with Crippen LogP contribution in [0, 0.1) is 0 Å². The molecule has 18 N–H and O–H groups in total. The molecule has 75 heavy (non-hydrogen) atoms. The number of nitrogens with two attached hydrogens (primary N) is 5. The molecule has 2 aromatic rings. The molecule has 8 amide bonds. The summed E-state index contributed by atoms with van der Waals surface area (Å²) >= 11 is 1.18. The summed E-state index contributed by atoms with van der Waals surface area (Å²) in [6.45, 7) is -1.85. The van der Waals surface area contributed by atoms with Crippen molar-refractivity contribution in [3.05, 3.63) is 60.2 Å². The van der Waals surface area contributed by atoms with E-state index in [9.17, 15) is 58.5 Å². The summed E-state index contributed by atoms with van der Waals surface area (Å²) < 4.78 is 0. The first kappa shape index (κ1) is 58.3. The number of hydrogen-bond donors (Lipinski definition) is 13. The van der Waals surface area contributed by atoms with Crippen LogP contribution in [0.5, 0.6) is 0 Å². The molecule has 0 spiro atoms. The number of nitrogens with zero attached hydrogens (tertiary/aromatic N) is 5. The number of carbonyl (C=O) groups excluding carboxylic acids is 8. The number of para-hydroxylation sites is 1. The normalized spacial score (nSPS) is 19.7. The van der Waals surface area contributed by atoms with Crippen LogP contribution in [0.2, 0.25) is 0 Å². The molecule has 0 bridgehead atoms. The van der Waals surface area contributed by atoms with Crippen LogP contribution in [-0.4, -0.2) is 190 Å². The molecule has 27 nitrogen and oxygen atoms in total. The smallest absolute Gasteiger partial charge is 0.326 e. The number of likely N-dealkylation sites (tertiary alicyclic amines) is 2. The summed E-state index contributed by atoms with van der Waals surface area (Å²) in [6.07, 6.45) is 0.298. The molecule has 2 aromatic carbocycles. The minimum atomic E-state index is -1.67. The van der Waals surface area contributed by atoms with E-state index < -0.39 is 121 Å². The van der Waals surface area contributed by atoms with E-state index in [0.717, 1.165) is 4.90 Å². The third kappa shape index (κ3) is 17.0. The van der Waals surface area contributed by atoms with E-state index in [1.54, 1.807) is 54.6 Å². The monoisotopic (exact) mass is 1070 g/mol. The second-order valence-electron chi connectivity index (χ2n) is 18.1. The predicted molar refractivity (Wildman–Crippen MR) is 274 cm³/mol. The van der Waals surface area contributed by atoms with E-state index in [1.807, 2.05) is 0 Å². The second kappa shape index (κ2) is 28.2. The van der Waals surface area contributed by atoms with Gasteiger partial charge in [0.05, 0.1) is 31.0 Å². The number of aliphatic hydroxyl groups excluding tert-OH is 2. The summed E-state index contributed by atoms with van der Waals surface area (Å²) in [4.78, 5) is 134. The lowest BCUT2D eigenvalue weighted by Crippen LogP contribution is -2.59. The summed E-state index contributed by atoms with van der Waals surface area (Å²) in [5.74, 6) is -7.79. The van der Waals surface area contributed by atoms with Gasteiger partial charge in [0.1, 0.15) is 42.8 Å². The minimum absolute atomic E-state index is 0.0269. The van der Waals surface area contributed by atoms with E-state index in [0.29, 0.717) is 35.4 Å². The van der Waals surface area contributed by atoms with Crippen molar-refractivity contribution in [2.24, 2.45) is 38.7 Å². The quantitative estimate of drug-likeness (QED) is 0.0251. The van der Waals surface area contributed by atoms with Crippen molar-refractivity contribution < 1.29 is 58.5 Å². The van der Waals surface area contributed by atoms with Gasteiger partial charge in [-0.25, -0.2) is 4.79 Å². The van der Waals surface area contributed by atoms with Gasteiger partial charge in [-0.3, -0.25) is 48.3 Å². The molecule has 0 saturated carbocycles. The number of aliphatic hydroxyl groups is 2. The highest BCUT2D eigenvalue weighted by Crippen LogP contribution is 2.34. The van der Waals surface area contributed by atoms with Crippen LogP contribution >= 0.6 is 11.8 Å². The third-order valence-electron chi connectivity index (χ3n) is 12.5. The number of fused-ring (bicyclic) bond motifs is 1. The number of benzene rings is 2. The standard InChI is InChI=1S/C47H67N15O12S/c48-28(11-6-16-53-46(49)50)42(70)60-18-8-14-34(60)44(72)61-22-27(64)20-35(61)41(69)55-21-37(65)57-30(19-26-9-2-1-3-10-26)39(67)58-31(24-63)40(68)59-32-25-75-36-15-5-4-13-33(36)62(43(32)71)23-38(66)56-29(45(73)74)12-7-17-54-47(51)52/h1-5,9-10,13,15,27-32,34-35,63-64H,6-8,11-12,14,16-25,48H2,(H,55,69)(H,56,66)(H,57,65)(H,58,67)(H,59,68)(H,73,74)(H4,49,50,53)(H4,51,52,54)/t27?,28-,29+,30-,31-,32?,34-,35-/m0/s1. The number of carboxylic acids is 1. The van der Waals surface area contributed by atoms with Gasteiger partial charge in [0.2, 0.25) is 41.4 Å². The molecule has 0 radical (unpaired) electrons. The molecule has 0 aliphatic carbocycles. The second-order valence-corrected chi connectivity index (χ2v) is 19.1. The first-order valence-corrected chi connectivity index (χ1v) is 25.3. The molecule has 3 aliphatic rings. The van der Waals surface area contributed by atoms with Gasteiger partial charge in [0.15, 0.2) is 11.9 Å². The highest BCUT2D eigenvalue weighted by molar-refractivity contribution is 7.99. The molecule has 28 heteroatoms. The Balaban J connectivity index is 1.21. The average Bonchev–Trinajstić information content (AvgIpc) is 4.01. The van der Waals surface area contributed by atoms with Crippen molar-refractivity contribution in [2.45, 2.75) is 105 Å². The zero-order valence-electron chi connectivity index (χ0n) is 41.2. The molecule has 2 unspecified atom stereocenters. The van der Waals surface area contributed by atoms with Gasteiger partial charge in [-0.2, -0.15) is 0 Å². The Kier molecular flexibility index (Phi) is 21.9. The first-order valence-electron chi connectivity index (χ1n) is 24.3. The van der Waals surface area contributed by atoms with Gasteiger partial charge in [-0.15, -0.1) is 11.8 Å². The predicted octanol–water partition coefficient (Wildman–Crippen LogP) is -5.11. The van der Waals surface area contributed by atoms with E-state index in [-0.39, 0.29) is 76.0 Å². The first-order chi connectivity index (χ1) is 35.8. The Morgan fingerprint density at radius 1 is 0.787 bits per heavy atom. The van der Waals surface area contributed by atoms with Gasteiger partial charge in [0.25, 0.3) is 5.91 Å². The van der Waals surface area contributed by atoms with E-state index in [1.165, 1.54) is 21.6 Å². The highest BCUT2D eigenvalue weighted by atomic mass is 32.2. The SMILES string of the molecule is NC(N)=NCCC[C@H](N)C(=O)N1CCC[C@H]1C(=O)N1CC(O)C[C@H]1C(=O)NCC(=O)N[C@@H](Cc1ccccc1)C(=O)N[C@@H](CO)C(=O)NC1CSc2ccccc2N(CC(=O)N[C@H](CCCN=C(N)N)C(=O)O)C1=O. The summed E-state index contributed by atoms with van der Waals surface area (Å²) in [5.41, 5.74) is 28.5. The number of carbonyl (C=O) groups is 9. The molecule has 3 heterocycles. The highest BCUT2D eigenvalue weighted by Gasteiger charge is 2.45. The number of β-amino-alcohol motifs (C(OH)–C–C–N with tert-alkyl or cyclic N) is 1. The number of thioether (sulfide) groups is 1. The van der Waals surface area contributed by atoms with Gasteiger partial charge < -0.3 is 85.3 Å². The molecule has 408 valence electrons. The molecule has 8 atom stereocenters. The van der Waals surface area contributed by atoms with Gasteiger partial charge >= 0.3 is 5.97 Å². The Morgan fingerprint density at radius 3 is 2.11 bits per heavy atom. The Labute approximate surface area is 436 Å². The van der Waals surface area contributed by atoms with Crippen LogP contribution in [0.25, 0.3) is 0 Å². The fourth-order valence-electron chi connectivity index (χ4n) is 8.73. The van der Waals surface area contributed by atoms with Crippen LogP contribution in [0.1, 0.15) is 50.5 Å². The Morgan fingerprint density at radius 2 is 1.44 bits per heavy atom. The Hall–Kier alpha value is -7.56. The maximum atomic E-state index is 14.1. The largest absolute Gasteiger partial charge is 0.480 e. The minimum Gasteiger partial charge on any atom is -0.480 e. The molecular weight excluding hydrogens is 999 g/mol. The molecule has 3 aliphatic heterocycles. The van der Waals surface area contributed by atoms with Gasteiger partial charge in [-0.05, 0) is 56.2 Å². The third-order valence-corrected chi connectivity index (χ3v) is 13.6. The van der Waals surface area contributed by atoms with Gasteiger partial charge in [-0.1, -0.05) is 42.5 Å². The fourth-order valence-corrected chi connectivity index (χ4v) is 9.81. The number of guanidine groups is 2. The zero-order chi connectivity index (χ0) is 54.8. The Bertz CT molecular complexity index is 2440. The lowest BCUT2D eigenvalue weighted by atomic mass is 10.0.